The molecule has 0 saturated carbocycles. The van der Waals surface area contributed by atoms with Gasteiger partial charge in [-0.25, -0.2) is 0 Å². The van der Waals surface area contributed by atoms with Crippen LogP contribution in [-0.4, -0.2) is 19.3 Å². The van der Waals surface area contributed by atoms with Crippen molar-refractivity contribution in [3.8, 4) is 0 Å². The third-order valence-electron chi connectivity index (χ3n) is 2.19. The maximum atomic E-state index is 5.69. The van der Waals surface area contributed by atoms with Gasteiger partial charge in [0.15, 0.2) is 0 Å². The molecule has 0 spiro atoms. The highest BCUT2D eigenvalue weighted by molar-refractivity contribution is 5.54. The van der Waals surface area contributed by atoms with Crippen molar-refractivity contribution in [3.63, 3.8) is 0 Å². The Morgan fingerprint density at radius 1 is 1.31 bits per heavy atom. The molecule has 0 radical (unpaired) electrons. The van der Waals surface area contributed by atoms with Crippen LogP contribution in [0.25, 0.3) is 0 Å². The van der Waals surface area contributed by atoms with E-state index in [2.05, 4.69) is 26.1 Å². The van der Waals surface area contributed by atoms with E-state index in [1.54, 1.807) is 0 Å². The fourth-order valence-electron chi connectivity index (χ4n) is 1.33. The first-order valence-corrected chi connectivity index (χ1v) is 5.79. The molecule has 0 aliphatic rings. The predicted octanol–water partition coefficient (Wildman–Crippen LogP) is 2.74. The summed E-state index contributed by atoms with van der Waals surface area (Å²) in [4.78, 5) is 0. The third kappa shape index (κ3) is 5.03. The Bertz CT molecular complexity index is 313. The Labute approximate surface area is 98.0 Å². The zero-order valence-corrected chi connectivity index (χ0v) is 10.4. The molecule has 1 aromatic rings. The van der Waals surface area contributed by atoms with Gasteiger partial charge in [0.2, 0.25) is 0 Å². The zero-order chi connectivity index (χ0) is 12.0. The lowest BCUT2D eigenvalue weighted by molar-refractivity contribution is 0.0556. The first-order chi connectivity index (χ1) is 7.58. The molecule has 0 saturated heterocycles. The quantitative estimate of drug-likeness (QED) is 0.728. The van der Waals surface area contributed by atoms with Crippen LogP contribution in [0.1, 0.15) is 20.8 Å². The number of benzene rings is 1. The Morgan fingerprint density at radius 3 is 2.69 bits per heavy atom. The molecule has 0 aliphatic carbocycles. The fraction of sp³-hybridized carbons (Fsp3) is 0.538. The van der Waals surface area contributed by atoms with Gasteiger partial charge < -0.3 is 15.8 Å². The summed E-state index contributed by atoms with van der Waals surface area (Å²) in [6.07, 6.45) is 0.212. The second kappa shape index (κ2) is 6.38. The molecule has 0 aromatic heterocycles. The normalized spacial score (nSPS) is 12.8. The predicted molar refractivity (Wildman–Crippen MR) is 69.6 cm³/mol. The number of rotatable bonds is 6. The van der Waals surface area contributed by atoms with E-state index < -0.39 is 0 Å². The molecule has 3 nitrogen and oxygen atoms in total. The van der Waals surface area contributed by atoms with E-state index in [-0.39, 0.29) is 6.10 Å². The smallest absolute Gasteiger partial charge is 0.0719 e. The molecular formula is C13H22N2O. The van der Waals surface area contributed by atoms with Crippen LogP contribution in [0.4, 0.5) is 11.4 Å². The number of nitrogens with two attached hydrogens (primary N) is 1. The van der Waals surface area contributed by atoms with E-state index in [1.807, 2.05) is 24.3 Å². The van der Waals surface area contributed by atoms with Gasteiger partial charge in [0, 0.05) is 24.5 Å². The number of ether oxygens (including phenoxy) is 1. The van der Waals surface area contributed by atoms with Crippen molar-refractivity contribution >= 4 is 11.4 Å². The molecule has 0 fully saturated rings. The molecule has 0 amide bonds. The van der Waals surface area contributed by atoms with Crippen LogP contribution in [0.5, 0.6) is 0 Å². The van der Waals surface area contributed by atoms with E-state index in [0.29, 0.717) is 5.92 Å². The van der Waals surface area contributed by atoms with Crippen molar-refractivity contribution in [3.05, 3.63) is 24.3 Å². The van der Waals surface area contributed by atoms with Crippen molar-refractivity contribution in [2.45, 2.75) is 26.9 Å². The molecule has 0 aliphatic heterocycles. The van der Waals surface area contributed by atoms with Gasteiger partial charge in [0.25, 0.3) is 0 Å². The van der Waals surface area contributed by atoms with Gasteiger partial charge in [-0.1, -0.05) is 19.9 Å². The van der Waals surface area contributed by atoms with Crippen LogP contribution in [0, 0.1) is 5.92 Å². The van der Waals surface area contributed by atoms with Crippen molar-refractivity contribution in [1.29, 1.82) is 0 Å². The van der Waals surface area contributed by atoms with Gasteiger partial charge in [-0.15, -0.1) is 0 Å². The van der Waals surface area contributed by atoms with Crippen LogP contribution < -0.4 is 11.1 Å². The van der Waals surface area contributed by atoms with Crippen LogP contribution >= 0.6 is 0 Å². The third-order valence-corrected chi connectivity index (χ3v) is 2.19. The maximum Gasteiger partial charge on any atom is 0.0719 e. The molecule has 1 aromatic carbocycles. The maximum absolute atomic E-state index is 5.69. The lowest BCUT2D eigenvalue weighted by Crippen LogP contribution is -2.21. The lowest BCUT2D eigenvalue weighted by atomic mass is 10.2. The molecule has 0 heterocycles. The topological polar surface area (TPSA) is 47.3 Å². The Balaban J connectivity index is 2.28. The van der Waals surface area contributed by atoms with E-state index in [0.717, 1.165) is 24.5 Å². The van der Waals surface area contributed by atoms with Crippen LogP contribution in [0.15, 0.2) is 24.3 Å². The minimum absolute atomic E-state index is 0.212. The van der Waals surface area contributed by atoms with Gasteiger partial charge in [-0.3, -0.25) is 0 Å². The average molecular weight is 222 g/mol. The SMILES string of the molecule is CC(C)COC(C)CNc1cccc(N)c1. The fourth-order valence-corrected chi connectivity index (χ4v) is 1.33. The van der Waals surface area contributed by atoms with Gasteiger partial charge in [-0.2, -0.15) is 0 Å². The second-order valence-corrected chi connectivity index (χ2v) is 4.54. The average Bonchev–Trinajstić information content (AvgIpc) is 2.23. The Morgan fingerprint density at radius 2 is 2.06 bits per heavy atom. The van der Waals surface area contributed by atoms with Crippen molar-refractivity contribution in [2.75, 3.05) is 24.2 Å². The molecule has 0 bridgehead atoms. The minimum atomic E-state index is 0.212. The molecule has 3 N–H and O–H groups in total. The van der Waals surface area contributed by atoms with E-state index in [9.17, 15) is 0 Å². The Kier molecular flexibility index (Phi) is 5.12. The highest BCUT2D eigenvalue weighted by Gasteiger charge is 2.03. The highest BCUT2D eigenvalue weighted by Crippen LogP contribution is 2.11. The van der Waals surface area contributed by atoms with Gasteiger partial charge >= 0.3 is 0 Å². The molecular weight excluding hydrogens is 200 g/mol. The van der Waals surface area contributed by atoms with Crippen molar-refractivity contribution < 1.29 is 4.74 Å². The zero-order valence-electron chi connectivity index (χ0n) is 10.4. The number of anilines is 2. The first kappa shape index (κ1) is 12.8. The van der Waals surface area contributed by atoms with Gasteiger partial charge in [-0.05, 0) is 31.0 Å². The highest BCUT2D eigenvalue weighted by atomic mass is 16.5. The summed E-state index contributed by atoms with van der Waals surface area (Å²) in [7, 11) is 0. The second-order valence-electron chi connectivity index (χ2n) is 4.54. The number of nitrogens with one attached hydrogen (secondary N) is 1. The monoisotopic (exact) mass is 222 g/mol. The molecule has 3 heteroatoms. The molecule has 90 valence electrons. The summed E-state index contributed by atoms with van der Waals surface area (Å²) in [5.74, 6) is 0.579. The molecule has 1 unspecified atom stereocenters. The van der Waals surface area contributed by atoms with E-state index in [1.165, 1.54) is 0 Å². The summed E-state index contributed by atoms with van der Waals surface area (Å²) >= 11 is 0. The number of hydrogen-bond donors (Lipinski definition) is 2. The summed E-state index contributed by atoms with van der Waals surface area (Å²) in [5, 5.41) is 3.30. The molecule has 1 atom stereocenters. The van der Waals surface area contributed by atoms with E-state index in [4.69, 9.17) is 10.5 Å². The minimum Gasteiger partial charge on any atom is -0.399 e. The standard InChI is InChI=1S/C13H22N2O/c1-10(2)9-16-11(3)8-15-13-6-4-5-12(14)7-13/h4-7,10-11,15H,8-9,14H2,1-3H3. The largest absolute Gasteiger partial charge is 0.399 e. The van der Waals surface area contributed by atoms with Crippen LogP contribution in [-0.2, 0) is 4.74 Å². The van der Waals surface area contributed by atoms with Crippen LogP contribution in [0.3, 0.4) is 0 Å². The summed E-state index contributed by atoms with van der Waals surface area (Å²) in [5.41, 5.74) is 7.51. The Hall–Kier alpha value is -1.22. The van der Waals surface area contributed by atoms with Gasteiger partial charge in [0.1, 0.15) is 0 Å². The first-order valence-electron chi connectivity index (χ1n) is 5.79. The van der Waals surface area contributed by atoms with E-state index >= 15 is 0 Å². The summed E-state index contributed by atoms with van der Waals surface area (Å²) in [6, 6.07) is 7.75. The van der Waals surface area contributed by atoms with Crippen LogP contribution in [0.2, 0.25) is 0 Å². The lowest BCUT2D eigenvalue weighted by Gasteiger charge is -2.16. The summed E-state index contributed by atoms with van der Waals surface area (Å²) in [6.45, 7) is 7.98. The van der Waals surface area contributed by atoms with Crippen molar-refractivity contribution in [2.24, 2.45) is 5.92 Å². The number of nitrogen functional groups attached to an aromatic ring is 1. The number of hydrogen-bond acceptors (Lipinski definition) is 3. The summed E-state index contributed by atoms with van der Waals surface area (Å²) < 4.78 is 5.66. The van der Waals surface area contributed by atoms with Crippen molar-refractivity contribution in [1.82, 2.24) is 0 Å². The van der Waals surface area contributed by atoms with Gasteiger partial charge in [0.05, 0.1) is 6.10 Å². The molecule has 16 heavy (non-hydrogen) atoms. The molecule has 1 rings (SSSR count).